The fraction of sp³-hybridized carbons (Fsp3) is 0.737. The molecule has 1 aromatic heterocycles. The molecular formula is C19H31N3O5S3. The van der Waals surface area contributed by atoms with E-state index in [0.29, 0.717) is 24.3 Å². The molecule has 0 spiro atoms. The molecule has 0 radical (unpaired) electrons. The van der Waals surface area contributed by atoms with Crippen LogP contribution in [0.2, 0.25) is 0 Å². The van der Waals surface area contributed by atoms with E-state index in [1.54, 1.807) is 17.9 Å². The maximum absolute atomic E-state index is 13.2. The van der Waals surface area contributed by atoms with Crippen molar-refractivity contribution in [3.63, 3.8) is 0 Å². The molecule has 2 aliphatic rings. The van der Waals surface area contributed by atoms with Crippen LogP contribution in [0.4, 0.5) is 0 Å². The van der Waals surface area contributed by atoms with Crippen LogP contribution < -0.4 is 0 Å². The topological polar surface area (TPSA) is 95.1 Å². The van der Waals surface area contributed by atoms with Gasteiger partial charge in [-0.2, -0.15) is 8.61 Å². The molecule has 2 saturated heterocycles. The van der Waals surface area contributed by atoms with Crippen molar-refractivity contribution in [1.82, 2.24) is 13.5 Å². The second-order valence-corrected chi connectivity index (χ2v) is 13.4. The van der Waals surface area contributed by atoms with Gasteiger partial charge in [0.1, 0.15) is 6.04 Å². The van der Waals surface area contributed by atoms with E-state index >= 15 is 0 Å². The Hall–Kier alpha value is -1.01. The molecule has 30 heavy (non-hydrogen) atoms. The van der Waals surface area contributed by atoms with Gasteiger partial charge in [0.05, 0.1) is 10.6 Å². The van der Waals surface area contributed by atoms with E-state index in [0.717, 1.165) is 22.6 Å². The van der Waals surface area contributed by atoms with Gasteiger partial charge in [-0.25, -0.2) is 16.8 Å². The highest BCUT2D eigenvalue weighted by Gasteiger charge is 2.40. The number of hydrogen-bond acceptors (Lipinski definition) is 6. The molecule has 11 heteroatoms. The van der Waals surface area contributed by atoms with Crippen molar-refractivity contribution in [1.29, 1.82) is 0 Å². The lowest BCUT2D eigenvalue weighted by molar-refractivity contribution is -0.137. The second-order valence-electron chi connectivity index (χ2n) is 7.95. The van der Waals surface area contributed by atoms with Crippen molar-refractivity contribution in [2.75, 3.05) is 38.5 Å². The molecule has 170 valence electrons. The summed E-state index contributed by atoms with van der Waals surface area (Å²) < 4.78 is 54.1. The highest BCUT2D eigenvalue weighted by atomic mass is 32.2. The summed E-state index contributed by atoms with van der Waals surface area (Å²) in [5, 5.41) is 0. The molecule has 1 aromatic rings. The number of amides is 1. The van der Waals surface area contributed by atoms with Crippen molar-refractivity contribution in [2.45, 2.75) is 57.4 Å². The Kier molecular flexibility index (Phi) is 7.28. The summed E-state index contributed by atoms with van der Waals surface area (Å²) in [5.41, 5.74) is 0. The first-order chi connectivity index (χ1) is 14.1. The van der Waals surface area contributed by atoms with Crippen LogP contribution in [0.15, 0.2) is 11.0 Å². The van der Waals surface area contributed by atoms with Crippen molar-refractivity contribution in [2.24, 2.45) is 0 Å². The summed E-state index contributed by atoms with van der Waals surface area (Å²) in [7, 11) is -7.05. The van der Waals surface area contributed by atoms with Gasteiger partial charge in [0.25, 0.3) is 0 Å². The van der Waals surface area contributed by atoms with Gasteiger partial charge in [-0.05, 0) is 39.2 Å². The van der Waals surface area contributed by atoms with Crippen molar-refractivity contribution >= 4 is 37.3 Å². The molecule has 3 heterocycles. The molecule has 1 amide bonds. The summed E-state index contributed by atoms with van der Waals surface area (Å²) in [5.74, 6) is -0.156. The average molecular weight is 478 g/mol. The highest BCUT2D eigenvalue weighted by molar-refractivity contribution is 7.89. The lowest BCUT2D eigenvalue weighted by Gasteiger charge is -2.39. The number of hydrogen-bond donors (Lipinski definition) is 0. The van der Waals surface area contributed by atoms with Crippen LogP contribution in [0, 0.1) is 13.8 Å². The van der Waals surface area contributed by atoms with Gasteiger partial charge in [0.2, 0.25) is 26.0 Å². The Morgan fingerprint density at radius 2 is 1.73 bits per heavy atom. The van der Waals surface area contributed by atoms with Gasteiger partial charge in [-0.15, -0.1) is 11.3 Å². The van der Waals surface area contributed by atoms with Gasteiger partial charge in [-0.1, -0.05) is 13.3 Å². The minimum Gasteiger partial charge on any atom is -0.339 e. The van der Waals surface area contributed by atoms with Crippen molar-refractivity contribution in [3.8, 4) is 0 Å². The van der Waals surface area contributed by atoms with Crippen molar-refractivity contribution < 1.29 is 21.6 Å². The molecule has 0 aromatic carbocycles. The van der Waals surface area contributed by atoms with Gasteiger partial charge < -0.3 is 4.90 Å². The lowest BCUT2D eigenvalue weighted by atomic mass is 10.0. The number of rotatable bonds is 6. The summed E-state index contributed by atoms with van der Waals surface area (Å²) in [6, 6.07) is 1.03. The van der Waals surface area contributed by atoms with Gasteiger partial charge in [0.15, 0.2) is 0 Å². The zero-order valence-electron chi connectivity index (χ0n) is 17.8. The number of thiophene rings is 1. The number of sulfonamides is 2. The quantitative estimate of drug-likeness (QED) is 0.623. The number of nitrogens with zero attached hydrogens (tertiary/aromatic N) is 3. The molecule has 3 rings (SSSR count). The lowest BCUT2D eigenvalue weighted by Crippen LogP contribution is -2.57. The van der Waals surface area contributed by atoms with E-state index < -0.39 is 26.1 Å². The van der Waals surface area contributed by atoms with Crippen LogP contribution in [0.1, 0.15) is 42.4 Å². The summed E-state index contributed by atoms with van der Waals surface area (Å²) in [6.07, 6.45) is 2.61. The number of aryl methyl sites for hydroxylation is 2. The fourth-order valence-electron chi connectivity index (χ4n) is 4.22. The number of carbonyl (C=O) groups excluding carboxylic acids is 1. The third kappa shape index (κ3) is 4.74. The Labute approximate surface area is 183 Å². The van der Waals surface area contributed by atoms with E-state index in [2.05, 4.69) is 0 Å². The molecule has 0 bridgehead atoms. The largest absolute Gasteiger partial charge is 0.339 e. The molecule has 2 fully saturated rings. The standard InChI is InChI=1S/C19H31N3O5S3/c1-4-13-29(24,25)22-8-6-5-7-17(22)19(23)20-9-11-21(12-10-20)30(26,27)18-14-15(2)28-16(18)3/h14,17H,4-13H2,1-3H3. The normalized spacial score (nSPS) is 22.4. The second kappa shape index (κ2) is 9.23. The smallest absolute Gasteiger partial charge is 0.244 e. The maximum Gasteiger partial charge on any atom is 0.244 e. The Morgan fingerprint density at radius 3 is 2.30 bits per heavy atom. The average Bonchev–Trinajstić information content (AvgIpc) is 3.06. The van der Waals surface area contributed by atoms with Gasteiger partial charge in [0, 0.05) is 42.5 Å². The van der Waals surface area contributed by atoms with E-state index in [9.17, 15) is 21.6 Å². The Morgan fingerprint density at radius 1 is 1.07 bits per heavy atom. The van der Waals surface area contributed by atoms with E-state index in [1.165, 1.54) is 19.9 Å². The number of piperidine rings is 1. The molecule has 0 saturated carbocycles. The van der Waals surface area contributed by atoms with Crippen LogP contribution in [-0.4, -0.2) is 80.8 Å². The third-order valence-electron chi connectivity index (χ3n) is 5.72. The van der Waals surface area contributed by atoms with Crippen LogP contribution in [0.25, 0.3) is 0 Å². The monoisotopic (exact) mass is 477 g/mol. The first-order valence-electron chi connectivity index (χ1n) is 10.4. The zero-order valence-corrected chi connectivity index (χ0v) is 20.3. The molecule has 1 atom stereocenters. The van der Waals surface area contributed by atoms with E-state index in [-0.39, 0.29) is 37.8 Å². The molecule has 1 unspecified atom stereocenters. The predicted octanol–water partition coefficient (Wildman–Crippen LogP) is 1.79. The minimum absolute atomic E-state index is 0.0439. The maximum atomic E-state index is 13.2. The zero-order chi connectivity index (χ0) is 22.1. The third-order valence-corrected chi connectivity index (χ3v) is 10.9. The highest BCUT2D eigenvalue weighted by Crippen LogP contribution is 2.29. The van der Waals surface area contributed by atoms with Gasteiger partial charge >= 0.3 is 0 Å². The minimum atomic E-state index is -3.59. The van der Waals surface area contributed by atoms with Crippen LogP contribution >= 0.6 is 11.3 Å². The molecule has 0 aliphatic carbocycles. The van der Waals surface area contributed by atoms with Crippen LogP contribution in [-0.2, 0) is 24.8 Å². The molecule has 0 N–H and O–H groups in total. The number of piperazine rings is 1. The Balaban J connectivity index is 1.69. The molecular weight excluding hydrogens is 446 g/mol. The summed E-state index contributed by atoms with van der Waals surface area (Å²) in [4.78, 5) is 16.8. The summed E-state index contributed by atoms with van der Waals surface area (Å²) >= 11 is 1.46. The fourth-order valence-corrected chi connectivity index (χ4v) is 8.91. The molecule has 2 aliphatic heterocycles. The summed E-state index contributed by atoms with van der Waals surface area (Å²) in [6.45, 7) is 6.87. The SMILES string of the molecule is CCCS(=O)(=O)N1CCCCC1C(=O)N1CCN(S(=O)(=O)c2cc(C)sc2C)CC1. The van der Waals surface area contributed by atoms with Crippen molar-refractivity contribution in [3.05, 3.63) is 15.8 Å². The van der Waals surface area contributed by atoms with Gasteiger partial charge in [-0.3, -0.25) is 4.79 Å². The molecule has 8 nitrogen and oxygen atoms in total. The van der Waals surface area contributed by atoms with E-state index in [1.807, 2.05) is 13.8 Å². The predicted molar refractivity (Wildman–Crippen MR) is 118 cm³/mol. The number of carbonyl (C=O) groups is 1. The van der Waals surface area contributed by atoms with Crippen LogP contribution in [0.5, 0.6) is 0 Å². The van der Waals surface area contributed by atoms with Crippen LogP contribution in [0.3, 0.4) is 0 Å². The van der Waals surface area contributed by atoms with E-state index in [4.69, 9.17) is 0 Å². The first-order valence-corrected chi connectivity index (χ1v) is 14.3. The Bertz CT molecular complexity index is 979. The first kappa shape index (κ1) is 23.6.